The molecule has 58 valence electrons. The zero-order valence-electron chi connectivity index (χ0n) is 5.83. The minimum Gasteiger partial charge on any atom is -0.341 e. The molecule has 0 heterocycles. The first-order valence-electron chi connectivity index (χ1n) is 2.63. The number of nitrogens with zero attached hydrogens (tertiary/aromatic N) is 1. The molecule has 0 saturated carbocycles. The average Bonchev–Trinajstić information content (AvgIpc) is 2.02. The van der Waals surface area contributed by atoms with E-state index in [0.29, 0.717) is 0 Å². The Bertz CT molecular complexity index is 183. The van der Waals surface area contributed by atoms with E-state index in [1.807, 2.05) is 0 Å². The molecule has 0 aromatic heterocycles. The Morgan fingerprint density at radius 1 is 1.55 bits per heavy atom. The van der Waals surface area contributed by atoms with E-state index in [4.69, 9.17) is 7.98 Å². The summed E-state index contributed by atoms with van der Waals surface area (Å²) in [6.45, 7) is 0. The van der Waals surface area contributed by atoms with E-state index < -0.39 is 12.1 Å². The van der Waals surface area contributed by atoms with Crippen LogP contribution in [0, 0.1) is 0 Å². The van der Waals surface area contributed by atoms with Crippen LogP contribution in [0.15, 0.2) is 0 Å². The summed E-state index contributed by atoms with van der Waals surface area (Å²) >= 11 is 0. The van der Waals surface area contributed by atoms with Gasteiger partial charge in [-0.3, -0.25) is 10.1 Å². The van der Waals surface area contributed by atoms with Crippen LogP contribution in [0.1, 0.15) is 0 Å². The molecule has 11 heavy (non-hydrogen) atoms. The molecule has 0 aliphatic heterocycles. The fourth-order valence-electron chi connectivity index (χ4n) is 0.272. The van der Waals surface area contributed by atoms with Crippen molar-refractivity contribution in [3.63, 3.8) is 0 Å². The van der Waals surface area contributed by atoms with Gasteiger partial charge < -0.3 is 10.1 Å². The van der Waals surface area contributed by atoms with E-state index in [0.717, 1.165) is 0 Å². The molecule has 0 fully saturated rings. The second-order valence-corrected chi connectivity index (χ2v) is 1.52. The molecule has 0 aromatic rings. The lowest BCUT2D eigenvalue weighted by Crippen LogP contribution is -2.44. The van der Waals surface area contributed by atoms with Gasteiger partial charge >= 0.3 is 12.1 Å². The fraction of sp³-hybridized carbons (Fsp3) is 0.250. The zero-order valence-corrected chi connectivity index (χ0v) is 5.83. The highest BCUT2D eigenvalue weighted by molar-refractivity contribution is 6.21. The molecular formula is C4H6BN3O3. The molecular weight excluding hydrogens is 149 g/mol. The molecule has 0 aromatic carbocycles. The van der Waals surface area contributed by atoms with Gasteiger partial charge in [0, 0.05) is 7.05 Å². The number of hydrogen-bond acceptors (Lipinski definition) is 3. The van der Waals surface area contributed by atoms with E-state index in [-0.39, 0.29) is 11.2 Å². The van der Waals surface area contributed by atoms with Gasteiger partial charge in [-0.15, -0.1) is 0 Å². The molecule has 0 atom stereocenters. The van der Waals surface area contributed by atoms with Gasteiger partial charge in [-0.1, -0.05) is 0 Å². The SMILES string of the molecule is [B]N(C=O)C(=O)NC(=O)NC. The number of carbonyl (C=O) groups is 3. The van der Waals surface area contributed by atoms with E-state index >= 15 is 0 Å². The standard InChI is InChI=1S/C4H6BN3O3/c1-6-3(10)7-4(11)8(5)2-9/h2H,1H3,(H2,6,7,10,11). The third-order valence-corrected chi connectivity index (χ3v) is 0.796. The molecule has 7 heteroatoms. The van der Waals surface area contributed by atoms with Crippen molar-refractivity contribution >= 4 is 26.5 Å². The van der Waals surface area contributed by atoms with Crippen molar-refractivity contribution in [1.29, 1.82) is 0 Å². The molecule has 0 spiro atoms. The van der Waals surface area contributed by atoms with Crippen LogP contribution in [0.3, 0.4) is 0 Å². The summed E-state index contributed by atoms with van der Waals surface area (Å²) in [5.41, 5.74) is 0. The average molecular weight is 155 g/mol. The summed E-state index contributed by atoms with van der Waals surface area (Å²) in [7, 11) is 6.12. The summed E-state index contributed by atoms with van der Waals surface area (Å²) in [5, 5.41) is 3.87. The van der Waals surface area contributed by atoms with E-state index in [1.54, 1.807) is 5.32 Å². The molecule has 0 aliphatic carbocycles. The lowest BCUT2D eigenvalue weighted by Gasteiger charge is -2.08. The maximum absolute atomic E-state index is 10.5. The summed E-state index contributed by atoms with van der Waals surface area (Å²) < 4.78 is 0. The minimum atomic E-state index is -0.987. The van der Waals surface area contributed by atoms with Crippen LogP contribution in [-0.4, -0.2) is 38.3 Å². The van der Waals surface area contributed by atoms with Crippen LogP contribution in [0.2, 0.25) is 0 Å². The maximum Gasteiger partial charge on any atom is 0.322 e. The summed E-state index contributed by atoms with van der Waals surface area (Å²) in [6.07, 6.45) is 0.0816. The van der Waals surface area contributed by atoms with E-state index in [2.05, 4.69) is 5.32 Å². The lowest BCUT2D eigenvalue weighted by atomic mass is 10.4. The number of urea groups is 2. The van der Waals surface area contributed by atoms with Gasteiger partial charge in [0.25, 0.3) is 0 Å². The maximum atomic E-state index is 10.5. The second-order valence-electron chi connectivity index (χ2n) is 1.52. The van der Waals surface area contributed by atoms with Gasteiger partial charge in [0.15, 0.2) is 0 Å². The molecule has 2 radical (unpaired) electrons. The van der Waals surface area contributed by atoms with Gasteiger partial charge in [-0.2, -0.15) is 0 Å². The van der Waals surface area contributed by atoms with Gasteiger partial charge in [0.2, 0.25) is 14.4 Å². The first-order valence-corrected chi connectivity index (χ1v) is 2.63. The van der Waals surface area contributed by atoms with Crippen molar-refractivity contribution in [2.24, 2.45) is 0 Å². The molecule has 5 amide bonds. The third kappa shape index (κ3) is 3.24. The Morgan fingerprint density at radius 3 is 2.45 bits per heavy atom. The quantitative estimate of drug-likeness (QED) is 0.360. The number of hydrogen-bond donors (Lipinski definition) is 2. The van der Waals surface area contributed by atoms with Gasteiger partial charge in [-0.25, -0.2) is 9.59 Å². The van der Waals surface area contributed by atoms with Crippen LogP contribution >= 0.6 is 0 Å². The van der Waals surface area contributed by atoms with Crippen molar-refractivity contribution in [3.8, 4) is 0 Å². The number of imide groups is 2. The highest BCUT2D eigenvalue weighted by Gasteiger charge is 2.08. The van der Waals surface area contributed by atoms with Crippen molar-refractivity contribution < 1.29 is 14.4 Å². The molecule has 0 saturated heterocycles. The van der Waals surface area contributed by atoms with Crippen LogP contribution in [0.25, 0.3) is 0 Å². The van der Waals surface area contributed by atoms with Crippen LogP contribution < -0.4 is 10.6 Å². The summed E-state index contributed by atoms with van der Waals surface area (Å²) in [6, 6.07) is -1.72. The largest absolute Gasteiger partial charge is 0.341 e. The second kappa shape index (κ2) is 4.32. The van der Waals surface area contributed by atoms with Gasteiger partial charge in [0.05, 0.1) is 0 Å². The van der Waals surface area contributed by atoms with Crippen LogP contribution in [0.5, 0.6) is 0 Å². The fourth-order valence-corrected chi connectivity index (χ4v) is 0.272. The topological polar surface area (TPSA) is 78.5 Å². The highest BCUT2D eigenvalue weighted by atomic mass is 16.2. The zero-order chi connectivity index (χ0) is 8.85. The monoisotopic (exact) mass is 155 g/mol. The molecule has 6 nitrogen and oxygen atoms in total. The van der Waals surface area contributed by atoms with Crippen molar-refractivity contribution in [2.75, 3.05) is 7.05 Å². The molecule has 2 N–H and O–H groups in total. The smallest absolute Gasteiger partial charge is 0.322 e. The molecule has 0 aliphatic rings. The van der Waals surface area contributed by atoms with Crippen LogP contribution in [-0.2, 0) is 4.79 Å². The Morgan fingerprint density at radius 2 is 2.09 bits per heavy atom. The predicted molar refractivity (Wildman–Crippen MR) is 36.6 cm³/mol. The molecule has 0 bridgehead atoms. The third-order valence-electron chi connectivity index (χ3n) is 0.796. The van der Waals surface area contributed by atoms with Gasteiger partial charge in [-0.05, 0) is 0 Å². The number of carbonyl (C=O) groups excluding carboxylic acids is 3. The van der Waals surface area contributed by atoms with Crippen LogP contribution in [0.4, 0.5) is 9.59 Å². The normalized spacial score (nSPS) is 8.09. The number of rotatable bonds is 1. The molecule has 0 unspecified atom stereocenters. The predicted octanol–water partition coefficient (Wildman–Crippen LogP) is -1.42. The van der Waals surface area contributed by atoms with E-state index in [1.165, 1.54) is 7.05 Å². The van der Waals surface area contributed by atoms with Crippen molar-refractivity contribution in [1.82, 2.24) is 15.4 Å². The number of nitrogens with one attached hydrogen (secondary N) is 2. The van der Waals surface area contributed by atoms with E-state index in [9.17, 15) is 14.4 Å². The Labute approximate surface area is 64.4 Å². The summed E-state index contributed by atoms with van der Waals surface area (Å²) in [5.74, 6) is 0. The minimum absolute atomic E-state index is 0.0816. The Balaban J connectivity index is 3.87. The highest BCUT2D eigenvalue weighted by Crippen LogP contribution is 1.75. The first-order chi connectivity index (χ1) is 5.11. The number of amides is 5. The Kier molecular flexibility index (Phi) is 3.72. The summed E-state index contributed by atoms with van der Waals surface area (Å²) in [4.78, 5) is 31.0. The molecule has 0 rings (SSSR count). The van der Waals surface area contributed by atoms with Gasteiger partial charge in [0.1, 0.15) is 0 Å². The van der Waals surface area contributed by atoms with Crippen molar-refractivity contribution in [2.45, 2.75) is 0 Å². The lowest BCUT2D eigenvalue weighted by molar-refractivity contribution is -0.112. The van der Waals surface area contributed by atoms with Crippen molar-refractivity contribution in [3.05, 3.63) is 0 Å². The Hall–Kier alpha value is -1.53. The first kappa shape index (κ1) is 9.47.